The second-order valence-electron chi connectivity index (χ2n) is 5.87. The normalized spacial score (nSPS) is 18.0. The molecule has 1 aromatic carbocycles. The molecule has 1 N–H and O–H groups in total. The van der Waals surface area contributed by atoms with E-state index in [1.165, 1.54) is 17.1 Å². The van der Waals surface area contributed by atoms with Crippen LogP contribution in [-0.4, -0.2) is 42.2 Å². The summed E-state index contributed by atoms with van der Waals surface area (Å²) in [6.45, 7) is 0.852. The summed E-state index contributed by atoms with van der Waals surface area (Å²) in [6.07, 6.45) is 1.78. The number of urea groups is 1. The highest BCUT2D eigenvalue weighted by Gasteiger charge is 2.54. The van der Waals surface area contributed by atoms with Crippen molar-refractivity contribution in [3.05, 3.63) is 23.2 Å². The van der Waals surface area contributed by atoms with Crippen molar-refractivity contribution in [2.45, 2.75) is 19.3 Å². The summed E-state index contributed by atoms with van der Waals surface area (Å²) in [5, 5.41) is 15.1. The molecule has 1 aliphatic carbocycles. The van der Waals surface area contributed by atoms with Crippen LogP contribution in [0.15, 0.2) is 18.2 Å². The lowest BCUT2D eigenvalue weighted by Crippen LogP contribution is -2.49. The Morgan fingerprint density at radius 2 is 2.04 bits per heavy atom. The first-order valence-corrected chi connectivity index (χ1v) is 8.04. The van der Waals surface area contributed by atoms with Gasteiger partial charge in [0.25, 0.3) is 5.91 Å². The Labute approximate surface area is 144 Å². The standard InChI is InChI=1S/C16H17ClN4O3/c1-24-13-4-3-11(17)9-12(13)19-15(23)21-8-2-7-20(21)14(22)16(10-18)5-6-16/h3-4,9H,2,5-8H2,1H3,(H,19,23). The number of carbonyl (C=O) groups excluding carboxylic acids is 2. The summed E-state index contributed by atoms with van der Waals surface area (Å²) in [4.78, 5) is 25.1. The number of nitrogens with one attached hydrogen (secondary N) is 1. The minimum Gasteiger partial charge on any atom is -0.495 e. The van der Waals surface area contributed by atoms with Gasteiger partial charge in [0.1, 0.15) is 11.2 Å². The second kappa shape index (κ2) is 6.21. The van der Waals surface area contributed by atoms with Gasteiger partial charge < -0.3 is 10.1 Å². The number of halogens is 1. The van der Waals surface area contributed by atoms with E-state index in [1.54, 1.807) is 18.2 Å². The van der Waals surface area contributed by atoms with Crippen LogP contribution in [-0.2, 0) is 4.79 Å². The van der Waals surface area contributed by atoms with Crippen molar-refractivity contribution in [3.8, 4) is 11.8 Å². The van der Waals surface area contributed by atoms with Gasteiger partial charge in [-0.2, -0.15) is 5.26 Å². The van der Waals surface area contributed by atoms with Gasteiger partial charge in [-0.1, -0.05) is 11.6 Å². The molecule has 7 nitrogen and oxygen atoms in total. The van der Waals surface area contributed by atoms with Crippen molar-refractivity contribution in [3.63, 3.8) is 0 Å². The second-order valence-corrected chi connectivity index (χ2v) is 6.31. The first-order chi connectivity index (χ1) is 11.5. The lowest BCUT2D eigenvalue weighted by Gasteiger charge is -2.29. The van der Waals surface area contributed by atoms with Crippen LogP contribution < -0.4 is 10.1 Å². The van der Waals surface area contributed by atoms with Crippen molar-refractivity contribution >= 4 is 29.2 Å². The highest BCUT2D eigenvalue weighted by molar-refractivity contribution is 6.31. The molecule has 1 heterocycles. The van der Waals surface area contributed by atoms with Crippen LogP contribution >= 0.6 is 11.6 Å². The van der Waals surface area contributed by atoms with Gasteiger partial charge in [0, 0.05) is 18.1 Å². The molecule has 2 aliphatic rings. The average Bonchev–Trinajstić information content (AvgIpc) is 3.22. The van der Waals surface area contributed by atoms with Crippen LogP contribution in [0, 0.1) is 16.7 Å². The van der Waals surface area contributed by atoms with E-state index in [1.807, 2.05) is 0 Å². The molecular weight excluding hydrogens is 332 g/mol. The lowest BCUT2D eigenvalue weighted by molar-refractivity contribution is -0.143. The molecule has 3 amide bonds. The molecule has 126 valence electrons. The number of nitriles is 1. The first kappa shape index (κ1) is 16.4. The number of amides is 3. The van der Waals surface area contributed by atoms with Crippen molar-refractivity contribution in [1.29, 1.82) is 5.26 Å². The van der Waals surface area contributed by atoms with Gasteiger partial charge >= 0.3 is 6.03 Å². The van der Waals surface area contributed by atoms with E-state index in [-0.39, 0.29) is 5.91 Å². The number of ether oxygens (including phenoxy) is 1. The third-order valence-corrected chi connectivity index (χ3v) is 4.51. The molecule has 24 heavy (non-hydrogen) atoms. The van der Waals surface area contributed by atoms with Gasteiger partial charge in [-0.25, -0.2) is 14.8 Å². The molecule has 0 spiro atoms. The average molecular weight is 349 g/mol. The van der Waals surface area contributed by atoms with Gasteiger partial charge in [-0.3, -0.25) is 4.79 Å². The Hall–Kier alpha value is -2.46. The molecule has 1 saturated carbocycles. The summed E-state index contributed by atoms with van der Waals surface area (Å²) in [5.74, 6) is 0.177. The van der Waals surface area contributed by atoms with Crippen LogP contribution in [0.4, 0.5) is 10.5 Å². The minimum atomic E-state index is -0.948. The number of rotatable bonds is 3. The zero-order chi connectivity index (χ0) is 17.3. The molecule has 0 unspecified atom stereocenters. The van der Waals surface area contributed by atoms with Crippen LogP contribution in [0.25, 0.3) is 0 Å². The number of hydrazine groups is 1. The van der Waals surface area contributed by atoms with E-state index >= 15 is 0 Å². The molecule has 0 atom stereocenters. The molecular formula is C16H17ClN4O3. The summed E-state index contributed by atoms with van der Waals surface area (Å²) in [6, 6.07) is 6.52. The van der Waals surface area contributed by atoms with Crippen molar-refractivity contribution < 1.29 is 14.3 Å². The number of nitrogens with zero attached hydrogens (tertiary/aromatic N) is 3. The topological polar surface area (TPSA) is 85.7 Å². The van der Waals surface area contributed by atoms with E-state index in [0.29, 0.717) is 48.8 Å². The van der Waals surface area contributed by atoms with Crippen LogP contribution in [0.5, 0.6) is 5.75 Å². The number of hydrogen-bond acceptors (Lipinski definition) is 4. The monoisotopic (exact) mass is 348 g/mol. The first-order valence-electron chi connectivity index (χ1n) is 7.66. The summed E-state index contributed by atoms with van der Waals surface area (Å²) in [5.41, 5.74) is -0.521. The molecule has 0 aromatic heterocycles. The lowest BCUT2D eigenvalue weighted by atomic mass is 10.1. The number of hydrogen-bond donors (Lipinski definition) is 1. The summed E-state index contributed by atoms with van der Waals surface area (Å²) < 4.78 is 5.20. The van der Waals surface area contributed by atoms with E-state index < -0.39 is 11.4 Å². The zero-order valence-electron chi connectivity index (χ0n) is 13.2. The predicted molar refractivity (Wildman–Crippen MR) is 87.3 cm³/mol. The quantitative estimate of drug-likeness (QED) is 0.909. The maximum atomic E-state index is 12.6. The van der Waals surface area contributed by atoms with Crippen LogP contribution in [0.1, 0.15) is 19.3 Å². The SMILES string of the molecule is COc1ccc(Cl)cc1NC(=O)N1CCCN1C(=O)C1(C#N)CC1. The minimum absolute atomic E-state index is 0.296. The molecule has 0 radical (unpaired) electrons. The number of methoxy groups -OCH3 is 1. The molecule has 1 aromatic rings. The van der Waals surface area contributed by atoms with Crippen LogP contribution in [0.2, 0.25) is 5.02 Å². The highest BCUT2D eigenvalue weighted by Crippen LogP contribution is 2.47. The smallest absolute Gasteiger partial charge is 0.340 e. The van der Waals surface area contributed by atoms with Gasteiger partial charge in [-0.05, 0) is 37.5 Å². The molecule has 0 bridgehead atoms. The molecule has 3 rings (SSSR count). The Morgan fingerprint density at radius 1 is 1.33 bits per heavy atom. The fourth-order valence-corrected chi connectivity index (χ4v) is 2.91. The highest BCUT2D eigenvalue weighted by atomic mass is 35.5. The van der Waals surface area contributed by atoms with E-state index in [9.17, 15) is 14.9 Å². The largest absolute Gasteiger partial charge is 0.495 e. The molecule has 8 heteroatoms. The maximum Gasteiger partial charge on any atom is 0.340 e. The summed E-state index contributed by atoms with van der Waals surface area (Å²) in [7, 11) is 1.49. The van der Waals surface area contributed by atoms with E-state index in [2.05, 4.69) is 11.4 Å². The molecule has 1 saturated heterocycles. The Balaban J connectivity index is 1.76. The number of carbonyl (C=O) groups is 2. The van der Waals surface area contributed by atoms with Gasteiger partial charge in [0.15, 0.2) is 0 Å². The van der Waals surface area contributed by atoms with Crippen molar-refractivity contribution in [2.75, 3.05) is 25.5 Å². The van der Waals surface area contributed by atoms with E-state index in [4.69, 9.17) is 16.3 Å². The maximum absolute atomic E-state index is 12.6. The summed E-state index contributed by atoms with van der Waals surface area (Å²) >= 11 is 5.96. The Kier molecular flexibility index (Phi) is 4.24. The Bertz CT molecular complexity index is 727. The van der Waals surface area contributed by atoms with Crippen molar-refractivity contribution in [2.24, 2.45) is 5.41 Å². The molecule has 1 aliphatic heterocycles. The van der Waals surface area contributed by atoms with E-state index in [0.717, 1.165) is 0 Å². The third kappa shape index (κ3) is 2.85. The predicted octanol–water partition coefficient (Wildman–Crippen LogP) is 2.63. The van der Waals surface area contributed by atoms with Gasteiger partial charge in [0.05, 0.1) is 18.9 Å². The number of benzene rings is 1. The molecule has 2 fully saturated rings. The fourth-order valence-electron chi connectivity index (χ4n) is 2.74. The van der Waals surface area contributed by atoms with Crippen LogP contribution in [0.3, 0.4) is 0 Å². The third-order valence-electron chi connectivity index (χ3n) is 4.28. The fraction of sp³-hybridized carbons (Fsp3) is 0.438. The number of anilines is 1. The van der Waals surface area contributed by atoms with Gasteiger partial charge in [0.2, 0.25) is 0 Å². The zero-order valence-corrected chi connectivity index (χ0v) is 14.0. The Morgan fingerprint density at radius 3 is 2.67 bits per heavy atom. The van der Waals surface area contributed by atoms with Gasteiger partial charge in [-0.15, -0.1) is 0 Å². The van der Waals surface area contributed by atoms with Crippen molar-refractivity contribution in [1.82, 2.24) is 10.0 Å².